The fraction of sp³-hybridized carbons (Fsp3) is 0.640. The van der Waals surface area contributed by atoms with Gasteiger partial charge in [0, 0.05) is 37.9 Å². The zero-order valence-electron chi connectivity index (χ0n) is 20.7. The minimum atomic E-state index is -0.435. The number of rotatable bonds is 10. The number of anilines is 4. The van der Waals surface area contributed by atoms with E-state index in [1.54, 1.807) is 12.1 Å². The minimum absolute atomic E-state index is 0.202. The second-order valence-electron chi connectivity index (χ2n) is 9.45. The summed E-state index contributed by atoms with van der Waals surface area (Å²) in [5.74, 6) is 1.98. The van der Waals surface area contributed by atoms with Gasteiger partial charge in [0.15, 0.2) is 11.6 Å². The molecule has 1 saturated carbocycles. The second-order valence-corrected chi connectivity index (χ2v) is 9.45. The zero-order chi connectivity index (χ0) is 23.9. The van der Waals surface area contributed by atoms with Crippen LogP contribution in [0, 0.1) is 11.7 Å². The first kappa shape index (κ1) is 24.4. The Labute approximate surface area is 202 Å². The number of halogens is 1. The van der Waals surface area contributed by atoms with Crippen LogP contribution in [0.25, 0.3) is 0 Å². The highest BCUT2D eigenvalue weighted by molar-refractivity contribution is 5.57. The first-order chi connectivity index (χ1) is 16.6. The molecule has 0 amide bonds. The third-order valence-corrected chi connectivity index (χ3v) is 7.04. The summed E-state index contributed by atoms with van der Waals surface area (Å²) in [5, 5.41) is 6.59. The van der Waals surface area contributed by atoms with E-state index in [0.717, 1.165) is 26.2 Å². The Morgan fingerprint density at radius 1 is 1.09 bits per heavy atom. The van der Waals surface area contributed by atoms with Crippen molar-refractivity contribution in [2.75, 3.05) is 55.9 Å². The molecule has 1 aliphatic carbocycles. The van der Waals surface area contributed by atoms with Crippen LogP contribution < -0.4 is 20.3 Å². The van der Waals surface area contributed by atoms with Crippen LogP contribution >= 0.6 is 0 Å². The van der Waals surface area contributed by atoms with Crippen molar-refractivity contribution in [3.05, 3.63) is 24.0 Å². The molecule has 34 heavy (non-hydrogen) atoms. The number of hydrogen-bond acceptors (Lipinski definition) is 8. The molecule has 2 N–H and O–H groups in total. The fourth-order valence-corrected chi connectivity index (χ4v) is 5.09. The van der Waals surface area contributed by atoms with Crippen LogP contribution in [0.2, 0.25) is 0 Å². The molecule has 4 rings (SSSR count). The van der Waals surface area contributed by atoms with Crippen LogP contribution in [0.15, 0.2) is 18.2 Å². The molecular formula is C25H38FN7O. The number of benzene rings is 1. The molecule has 0 radical (unpaired) electrons. The van der Waals surface area contributed by atoms with E-state index in [-0.39, 0.29) is 5.75 Å². The number of likely N-dealkylation sites (tertiary alicyclic amines) is 1. The predicted octanol–water partition coefficient (Wildman–Crippen LogP) is 4.68. The number of likely N-dealkylation sites (N-methyl/N-ethyl adjacent to an activating group) is 2. The first-order valence-corrected chi connectivity index (χ1v) is 12.6. The summed E-state index contributed by atoms with van der Waals surface area (Å²) in [7, 11) is 3.48. The lowest BCUT2D eigenvalue weighted by atomic mass is 9.89. The average Bonchev–Trinajstić information content (AvgIpc) is 3.30. The number of nitrogens with zero attached hydrogens (tertiary/aromatic N) is 5. The monoisotopic (exact) mass is 471 g/mol. The van der Waals surface area contributed by atoms with E-state index in [0.29, 0.717) is 35.5 Å². The maximum absolute atomic E-state index is 14.2. The van der Waals surface area contributed by atoms with Crippen LogP contribution in [0.3, 0.4) is 0 Å². The van der Waals surface area contributed by atoms with E-state index < -0.39 is 5.82 Å². The smallest absolute Gasteiger partial charge is 0.233 e. The van der Waals surface area contributed by atoms with Gasteiger partial charge in [-0.3, -0.25) is 4.90 Å². The van der Waals surface area contributed by atoms with Crippen molar-refractivity contribution in [1.82, 2.24) is 19.9 Å². The first-order valence-electron chi connectivity index (χ1n) is 12.6. The molecule has 1 aromatic heterocycles. The molecule has 1 atom stereocenters. The van der Waals surface area contributed by atoms with Gasteiger partial charge in [0.1, 0.15) is 0 Å². The maximum Gasteiger partial charge on any atom is 0.233 e. The van der Waals surface area contributed by atoms with Crippen molar-refractivity contribution in [1.29, 1.82) is 0 Å². The van der Waals surface area contributed by atoms with Crippen molar-refractivity contribution >= 4 is 23.5 Å². The molecule has 186 valence electrons. The lowest BCUT2D eigenvalue weighted by molar-refractivity contribution is 0.270. The molecule has 0 bridgehead atoms. The average molecular weight is 472 g/mol. The lowest BCUT2D eigenvalue weighted by Gasteiger charge is -2.28. The highest BCUT2D eigenvalue weighted by Crippen LogP contribution is 2.26. The summed E-state index contributed by atoms with van der Waals surface area (Å²) in [6, 6.07) is 5.23. The van der Waals surface area contributed by atoms with Crippen molar-refractivity contribution in [2.45, 2.75) is 57.9 Å². The lowest BCUT2D eigenvalue weighted by Crippen LogP contribution is -2.39. The van der Waals surface area contributed by atoms with E-state index >= 15 is 0 Å². The Hall–Kier alpha value is -2.68. The maximum atomic E-state index is 14.2. The van der Waals surface area contributed by atoms with Gasteiger partial charge in [0.05, 0.1) is 7.11 Å². The molecule has 1 unspecified atom stereocenters. The summed E-state index contributed by atoms with van der Waals surface area (Å²) >= 11 is 0. The van der Waals surface area contributed by atoms with E-state index in [1.165, 1.54) is 58.1 Å². The van der Waals surface area contributed by atoms with Gasteiger partial charge in [-0.25, -0.2) is 4.39 Å². The van der Waals surface area contributed by atoms with Crippen molar-refractivity contribution in [3.63, 3.8) is 0 Å². The highest BCUT2D eigenvalue weighted by Gasteiger charge is 2.25. The van der Waals surface area contributed by atoms with Crippen LogP contribution in [0.4, 0.5) is 27.9 Å². The second kappa shape index (κ2) is 11.6. The van der Waals surface area contributed by atoms with Crippen LogP contribution in [0.1, 0.15) is 51.9 Å². The largest absolute Gasteiger partial charge is 0.494 e. The predicted molar refractivity (Wildman–Crippen MR) is 135 cm³/mol. The summed E-state index contributed by atoms with van der Waals surface area (Å²) in [6.07, 6.45) is 8.83. The van der Waals surface area contributed by atoms with Gasteiger partial charge < -0.3 is 20.3 Å². The Morgan fingerprint density at radius 3 is 2.62 bits per heavy atom. The summed E-state index contributed by atoms with van der Waals surface area (Å²) in [4.78, 5) is 18.6. The van der Waals surface area contributed by atoms with Gasteiger partial charge in [-0.05, 0) is 56.8 Å². The van der Waals surface area contributed by atoms with Gasteiger partial charge in [0.25, 0.3) is 0 Å². The van der Waals surface area contributed by atoms with Gasteiger partial charge in [-0.15, -0.1) is 0 Å². The Morgan fingerprint density at radius 2 is 1.88 bits per heavy atom. The molecule has 2 aliphatic rings. The third-order valence-electron chi connectivity index (χ3n) is 7.04. The molecule has 8 nitrogen and oxygen atoms in total. The van der Waals surface area contributed by atoms with E-state index in [4.69, 9.17) is 9.72 Å². The molecule has 2 fully saturated rings. The van der Waals surface area contributed by atoms with Crippen molar-refractivity contribution in [3.8, 4) is 5.75 Å². The van der Waals surface area contributed by atoms with Crippen LogP contribution in [0.5, 0.6) is 5.75 Å². The molecular weight excluding hydrogens is 433 g/mol. The van der Waals surface area contributed by atoms with Gasteiger partial charge in [0.2, 0.25) is 17.8 Å². The van der Waals surface area contributed by atoms with Gasteiger partial charge >= 0.3 is 0 Å². The molecule has 1 aliphatic heterocycles. The van der Waals surface area contributed by atoms with E-state index in [2.05, 4.69) is 37.3 Å². The summed E-state index contributed by atoms with van der Waals surface area (Å²) < 4.78 is 19.2. The highest BCUT2D eigenvalue weighted by atomic mass is 19.1. The standard InChI is InChI=1S/C25H38FN7O/c1-4-33-14-8-11-20(33)17-32(2)25-30-23(27-16-18-9-6-5-7-10-18)29-24(31-25)28-19-12-13-22(34-3)21(26)15-19/h12-13,15,18,20H,4-11,14,16-17H2,1-3H3,(H2,27,28,29,30,31). The SMILES string of the molecule is CCN1CCCC1CN(C)c1nc(NCC2CCCCC2)nc(Nc2ccc(OC)c(F)c2)n1. The molecule has 0 spiro atoms. The zero-order valence-corrected chi connectivity index (χ0v) is 20.7. The van der Waals surface area contributed by atoms with Crippen molar-refractivity contribution < 1.29 is 9.13 Å². The van der Waals surface area contributed by atoms with Crippen molar-refractivity contribution in [2.24, 2.45) is 5.92 Å². The van der Waals surface area contributed by atoms with E-state index in [1.807, 2.05) is 7.05 Å². The fourth-order valence-electron chi connectivity index (χ4n) is 5.09. The third kappa shape index (κ3) is 6.25. The summed E-state index contributed by atoms with van der Waals surface area (Å²) in [5.41, 5.74) is 0.560. The molecule has 1 aromatic carbocycles. The number of hydrogen-bond donors (Lipinski definition) is 2. The normalized spacial score (nSPS) is 19.2. The molecule has 9 heteroatoms. The molecule has 2 aromatic rings. The van der Waals surface area contributed by atoms with Crippen LogP contribution in [-0.4, -0.2) is 66.2 Å². The molecule has 1 saturated heterocycles. The molecule has 2 heterocycles. The van der Waals surface area contributed by atoms with E-state index in [9.17, 15) is 4.39 Å². The number of aromatic nitrogens is 3. The van der Waals surface area contributed by atoms with Gasteiger partial charge in [-0.2, -0.15) is 15.0 Å². The summed E-state index contributed by atoms with van der Waals surface area (Å²) in [6.45, 7) is 6.13. The topological polar surface area (TPSA) is 78.4 Å². The van der Waals surface area contributed by atoms with Crippen LogP contribution in [-0.2, 0) is 0 Å². The quantitative estimate of drug-likeness (QED) is 0.517. The number of nitrogens with one attached hydrogen (secondary N) is 2. The number of methoxy groups -OCH3 is 1. The Balaban J connectivity index is 1.53. The van der Waals surface area contributed by atoms with Gasteiger partial charge in [-0.1, -0.05) is 26.2 Å². The number of ether oxygens (including phenoxy) is 1. The Kier molecular flexibility index (Phi) is 8.37. The minimum Gasteiger partial charge on any atom is -0.494 e. The Bertz CT molecular complexity index is 937.